The number of hydrogen-bond acceptors (Lipinski definition) is 3. The van der Waals surface area contributed by atoms with Crippen molar-refractivity contribution < 1.29 is 13.2 Å². The highest BCUT2D eigenvalue weighted by atomic mass is 35.5. The highest BCUT2D eigenvalue weighted by molar-refractivity contribution is 5.85. The highest BCUT2D eigenvalue weighted by Crippen LogP contribution is 2.44. The van der Waals surface area contributed by atoms with Crippen LogP contribution in [0.15, 0.2) is 12.1 Å². The average molecular weight is 330 g/mol. The van der Waals surface area contributed by atoms with Crippen LogP contribution in [0.25, 0.3) is 0 Å². The predicted molar refractivity (Wildman–Crippen MR) is 79.5 cm³/mol. The molecule has 3 N–H and O–H groups in total. The first-order chi connectivity index (χ1) is 8.27. The molecule has 0 aromatic heterocycles. The van der Waals surface area contributed by atoms with Crippen molar-refractivity contribution >= 4 is 41.9 Å². The summed E-state index contributed by atoms with van der Waals surface area (Å²) in [5, 5.41) is 8.16. The molecule has 114 valence electrons. The third kappa shape index (κ3) is 2.59. The number of nitrogens with one attached hydrogen (secondary N) is 3. The summed E-state index contributed by atoms with van der Waals surface area (Å²) in [6, 6.07) is 3.56. The Bertz CT molecular complexity index is 517. The molecule has 0 aliphatic carbocycles. The molecule has 0 saturated heterocycles. The van der Waals surface area contributed by atoms with Crippen LogP contribution in [0, 0.1) is 0 Å². The molecule has 2 aliphatic rings. The molecule has 20 heavy (non-hydrogen) atoms. The van der Waals surface area contributed by atoms with E-state index in [4.69, 9.17) is 0 Å². The molecule has 3 nitrogen and oxygen atoms in total. The second-order valence-corrected chi connectivity index (χ2v) is 5.44. The Morgan fingerprint density at radius 2 is 1.60 bits per heavy atom. The maximum absolute atomic E-state index is 12.6. The van der Waals surface area contributed by atoms with E-state index in [0.717, 1.165) is 17.8 Å². The molecule has 8 heteroatoms. The van der Waals surface area contributed by atoms with Crippen molar-refractivity contribution in [2.75, 3.05) is 22.5 Å². The predicted octanol–water partition coefficient (Wildman–Crippen LogP) is 3.96. The molecule has 1 atom stereocenters. The Kier molecular flexibility index (Phi) is 4.32. The van der Waals surface area contributed by atoms with Gasteiger partial charge in [0, 0.05) is 17.6 Å². The first-order valence-electron chi connectivity index (χ1n) is 5.79. The fourth-order valence-corrected chi connectivity index (χ4v) is 2.47. The van der Waals surface area contributed by atoms with Gasteiger partial charge in [-0.2, -0.15) is 13.2 Å². The first kappa shape index (κ1) is 17.0. The van der Waals surface area contributed by atoms with Gasteiger partial charge in [0.1, 0.15) is 0 Å². The molecule has 0 spiro atoms. The summed E-state index contributed by atoms with van der Waals surface area (Å²) in [7, 11) is 0. The zero-order chi connectivity index (χ0) is 13.1. The molecule has 2 aliphatic heterocycles. The molecular formula is C12H16Cl2F3N3. The Morgan fingerprint density at radius 3 is 2.15 bits per heavy atom. The van der Waals surface area contributed by atoms with Crippen LogP contribution in [-0.2, 0) is 5.41 Å². The third-order valence-corrected chi connectivity index (χ3v) is 3.53. The number of fused-ring (bicyclic) bond motifs is 2. The normalized spacial score (nSPS) is 21.4. The third-order valence-electron chi connectivity index (χ3n) is 3.53. The molecule has 1 aromatic carbocycles. The fraction of sp³-hybridized carbons (Fsp3) is 0.500. The van der Waals surface area contributed by atoms with Crippen molar-refractivity contribution in [2.24, 2.45) is 0 Å². The van der Waals surface area contributed by atoms with Crippen LogP contribution >= 0.6 is 24.8 Å². The van der Waals surface area contributed by atoms with Crippen molar-refractivity contribution in [1.82, 2.24) is 0 Å². The molecule has 0 radical (unpaired) electrons. The zero-order valence-corrected chi connectivity index (χ0v) is 12.5. The van der Waals surface area contributed by atoms with E-state index in [9.17, 15) is 13.2 Å². The topological polar surface area (TPSA) is 36.1 Å². The van der Waals surface area contributed by atoms with Gasteiger partial charge in [-0.15, -0.1) is 24.8 Å². The van der Waals surface area contributed by atoms with Gasteiger partial charge in [0.15, 0.2) is 6.17 Å². The molecule has 3 rings (SSSR count). The Labute approximate surface area is 127 Å². The van der Waals surface area contributed by atoms with Crippen LogP contribution in [0.1, 0.15) is 19.4 Å². The van der Waals surface area contributed by atoms with Crippen molar-refractivity contribution in [1.29, 1.82) is 0 Å². The van der Waals surface area contributed by atoms with Gasteiger partial charge >= 0.3 is 6.18 Å². The number of benzene rings is 1. The van der Waals surface area contributed by atoms with Gasteiger partial charge in [-0.1, -0.05) is 13.8 Å². The van der Waals surface area contributed by atoms with Gasteiger partial charge in [0.2, 0.25) is 0 Å². The standard InChI is InChI=1S/C12H14F3N3.2ClH/c1-11(2)5-16-7-4-9-8(3-6(7)11)17-10(18-9)12(13,14)15;;/h3-4,10,16-18H,5H2,1-2H3;2*1H. The molecule has 0 saturated carbocycles. The maximum Gasteiger partial charge on any atom is 0.427 e. The summed E-state index contributed by atoms with van der Waals surface area (Å²) in [4.78, 5) is 0. The second kappa shape index (κ2) is 5.07. The lowest BCUT2D eigenvalue weighted by Gasteiger charge is -2.17. The van der Waals surface area contributed by atoms with E-state index < -0.39 is 12.3 Å². The van der Waals surface area contributed by atoms with Crippen LogP contribution < -0.4 is 16.0 Å². The van der Waals surface area contributed by atoms with Gasteiger partial charge in [0.25, 0.3) is 0 Å². The van der Waals surface area contributed by atoms with Crippen LogP contribution in [0.4, 0.5) is 30.2 Å². The van der Waals surface area contributed by atoms with Crippen LogP contribution in [0.5, 0.6) is 0 Å². The van der Waals surface area contributed by atoms with Gasteiger partial charge in [0.05, 0.1) is 11.4 Å². The lowest BCUT2D eigenvalue weighted by atomic mass is 9.86. The van der Waals surface area contributed by atoms with Crippen LogP contribution in [0.2, 0.25) is 0 Å². The SMILES string of the molecule is CC1(C)CNc2cc3c(cc21)NC(C(F)(F)F)N3.Cl.Cl. The minimum absolute atomic E-state index is 0. The summed E-state index contributed by atoms with van der Waals surface area (Å²) in [5.74, 6) is 0. The number of hydrogen-bond donors (Lipinski definition) is 3. The molecule has 0 bridgehead atoms. The smallest absolute Gasteiger partial charge is 0.384 e. The van der Waals surface area contributed by atoms with E-state index >= 15 is 0 Å². The van der Waals surface area contributed by atoms with E-state index in [-0.39, 0.29) is 30.2 Å². The quantitative estimate of drug-likeness (QED) is 0.674. The first-order valence-corrected chi connectivity index (χ1v) is 5.79. The number of halogens is 5. The molecule has 1 aromatic rings. The highest BCUT2D eigenvalue weighted by Gasteiger charge is 2.44. The zero-order valence-electron chi connectivity index (χ0n) is 10.9. The Morgan fingerprint density at radius 1 is 1.05 bits per heavy atom. The minimum Gasteiger partial charge on any atom is -0.384 e. The van der Waals surface area contributed by atoms with E-state index in [0.29, 0.717) is 11.4 Å². The molecular weight excluding hydrogens is 314 g/mol. The average Bonchev–Trinajstić information content (AvgIpc) is 2.77. The maximum atomic E-state index is 12.6. The van der Waals surface area contributed by atoms with Gasteiger partial charge < -0.3 is 16.0 Å². The summed E-state index contributed by atoms with van der Waals surface area (Å²) in [6.07, 6.45) is -6.00. The van der Waals surface area contributed by atoms with Gasteiger partial charge in [-0.3, -0.25) is 0 Å². The van der Waals surface area contributed by atoms with Gasteiger partial charge in [-0.05, 0) is 17.7 Å². The second-order valence-electron chi connectivity index (χ2n) is 5.44. The lowest BCUT2D eigenvalue weighted by molar-refractivity contribution is -0.135. The number of anilines is 3. The lowest BCUT2D eigenvalue weighted by Crippen LogP contribution is -2.38. The van der Waals surface area contributed by atoms with Crippen molar-refractivity contribution in [3.8, 4) is 0 Å². The molecule has 2 heterocycles. The van der Waals surface area contributed by atoms with Crippen LogP contribution in [0.3, 0.4) is 0 Å². The van der Waals surface area contributed by atoms with Crippen LogP contribution in [-0.4, -0.2) is 18.9 Å². The molecule has 0 amide bonds. The summed E-state index contributed by atoms with van der Waals surface area (Å²) in [5.41, 5.74) is 2.94. The Hall–Kier alpha value is -1.01. The van der Waals surface area contributed by atoms with E-state index in [1.807, 2.05) is 6.07 Å². The Balaban J connectivity index is 0.000001000. The number of rotatable bonds is 0. The van der Waals surface area contributed by atoms with Crippen molar-refractivity contribution in [3.05, 3.63) is 17.7 Å². The molecule has 0 fully saturated rings. The number of alkyl halides is 3. The fourth-order valence-electron chi connectivity index (χ4n) is 2.47. The molecule has 1 unspecified atom stereocenters. The summed E-state index contributed by atoms with van der Waals surface area (Å²) < 4.78 is 37.9. The van der Waals surface area contributed by atoms with E-state index in [1.54, 1.807) is 6.07 Å². The monoisotopic (exact) mass is 329 g/mol. The van der Waals surface area contributed by atoms with E-state index in [2.05, 4.69) is 29.8 Å². The van der Waals surface area contributed by atoms with Crippen molar-refractivity contribution in [2.45, 2.75) is 31.6 Å². The van der Waals surface area contributed by atoms with Gasteiger partial charge in [-0.25, -0.2) is 0 Å². The largest absolute Gasteiger partial charge is 0.427 e. The summed E-state index contributed by atoms with van der Waals surface area (Å²) in [6.45, 7) is 4.94. The summed E-state index contributed by atoms with van der Waals surface area (Å²) >= 11 is 0. The van der Waals surface area contributed by atoms with E-state index in [1.165, 1.54) is 0 Å². The van der Waals surface area contributed by atoms with Crippen molar-refractivity contribution in [3.63, 3.8) is 0 Å². The minimum atomic E-state index is -4.30.